The molecule has 0 saturated heterocycles. The van der Waals surface area contributed by atoms with Crippen LogP contribution in [-0.2, 0) is 4.43 Å². The van der Waals surface area contributed by atoms with Gasteiger partial charge in [-0.25, -0.2) is 6.57 Å². The molecule has 2 atom stereocenters. The van der Waals surface area contributed by atoms with Crippen LogP contribution >= 0.6 is 0 Å². The predicted octanol–water partition coefficient (Wildman–Crippen LogP) is 2.10. The summed E-state index contributed by atoms with van der Waals surface area (Å²) in [6.07, 6.45) is -1.70. The molecule has 84 valence electrons. The van der Waals surface area contributed by atoms with E-state index >= 15 is 0 Å². The van der Waals surface area contributed by atoms with Crippen LogP contribution in [0.5, 0.6) is 0 Å². The first-order valence-corrected chi connectivity index (χ1v) is 7.76. The third-order valence-electron chi connectivity index (χ3n) is 2.81. The summed E-state index contributed by atoms with van der Waals surface area (Å²) in [5.74, 6) is 0. The standard InChI is InChI=1S/C10H19N3OSi/c1-10(2,3)15(5,6)14-8(7-11)9(12)13-4/h8-9H,12H2,1-3,5-6H3/t8-,9-/m0/s1. The summed E-state index contributed by atoms with van der Waals surface area (Å²) in [5.41, 5.74) is 5.50. The van der Waals surface area contributed by atoms with E-state index in [1.54, 1.807) is 0 Å². The number of hydrogen-bond acceptors (Lipinski definition) is 3. The van der Waals surface area contributed by atoms with Gasteiger partial charge in [0.2, 0.25) is 6.10 Å². The maximum atomic E-state index is 8.88. The SMILES string of the molecule is [C-]#[N+][C@H](N)[C@H](C#N)O[Si](C)(C)C(C)(C)C. The number of nitrogens with zero attached hydrogens (tertiary/aromatic N) is 2. The Hall–Kier alpha value is -0.883. The molecule has 4 nitrogen and oxygen atoms in total. The van der Waals surface area contributed by atoms with E-state index in [0.29, 0.717) is 0 Å². The Morgan fingerprint density at radius 1 is 1.47 bits per heavy atom. The van der Waals surface area contributed by atoms with Gasteiger partial charge in [0.05, 0.1) is 0 Å². The first-order chi connectivity index (χ1) is 6.65. The Kier molecular flexibility index (Phi) is 4.48. The van der Waals surface area contributed by atoms with Crippen molar-refractivity contribution in [3.8, 4) is 6.07 Å². The monoisotopic (exact) mass is 225 g/mol. The molecule has 0 aromatic carbocycles. The van der Waals surface area contributed by atoms with Gasteiger partial charge in [-0.05, 0) is 18.1 Å². The predicted molar refractivity (Wildman–Crippen MR) is 62.3 cm³/mol. The van der Waals surface area contributed by atoms with Gasteiger partial charge in [-0.2, -0.15) is 5.26 Å². The molecule has 0 heterocycles. The number of hydrogen-bond donors (Lipinski definition) is 1. The molecule has 0 unspecified atom stereocenters. The van der Waals surface area contributed by atoms with Crippen LogP contribution < -0.4 is 5.73 Å². The van der Waals surface area contributed by atoms with E-state index in [2.05, 4.69) is 25.6 Å². The molecule has 0 spiro atoms. The second kappa shape index (κ2) is 4.76. The summed E-state index contributed by atoms with van der Waals surface area (Å²) in [5, 5.41) is 8.90. The van der Waals surface area contributed by atoms with Crippen LogP contribution in [0.1, 0.15) is 20.8 Å². The molecule has 2 N–H and O–H groups in total. The van der Waals surface area contributed by atoms with Crippen molar-refractivity contribution in [1.82, 2.24) is 0 Å². The fraction of sp³-hybridized carbons (Fsp3) is 0.800. The first-order valence-electron chi connectivity index (χ1n) is 4.85. The van der Waals surface area contributed by atoms with Crippen LogP contribution in [0, 0.1) is 17.9 Å². The van der Waals surface area contributed by atoms with E-state index in [0.717, 1.165) is 0 Å². The molecule has 0 fully saturated rings. The Balaban J connectivity index is 4.73. The van der Waals surface area contributed by atoms with E-state index < -0.39 is 20.6 Å². The lowest BCUT2D eigenvalue weighted by Gasteiger charge is -2.37. The van der Waals surface area contributed by atoms with Gasteiger partial charge in [-0.3, -0.25) is 10.6 Å². The molecular formula is C10H19N3OSi. The van der Waals surface area contributed by atoms with E-state index in [-0.39, 0.29) is 5.04 Å². The van der Waals surface area contributed by atoms with Crippen molar-refractivity contribution in [3.63, 3.8) is 0 Å². The van der Waals surface area contributed by atoms with Gasteiger partial charge in [0.15, 0.2) is 8.32 Å². The van der Waals surface area contributed by atoms with Crippen molar-refractivity contribution >= 4 is 8.32 Å². The highest BCUT2D eigenvalue weighted by atomic mass is 28.4. The number of rotatable bonds is 3. The van der Waals surface area contributed by atoms with E-state index in [1.165, 1.54) is 0 Å². The van der Waals surface area contributed by atoms with Gasteiger partial charge in [0.25, 0.3) is 0 Å². The van der Waals surface area contributed by atoms with Crippen LogP contribution in [0.15, 0.2) is 0 Å². The smallest absolute Gasteiger partial charge is 0.313 e. The molecule has 0 radical (unpaired) electrons. The molecule has 0 aliphatic carbocycles. The Labute approximate surface area is 93.0 Å². The third-order valence-corrected chi connectivity index (χ3v) is 7.27. The molecule has 0 aromatic heterocycles. The van der Waals surface area contributed by atoms with Crippen LogP contribution in [-0.4, -0.2) is 20.6 Å². The lowest BCUT2D eigenvalue weighted by atomic mass is 10.2. The van der Waals surface area contributed by atoms with Gasteiger partial charge >= 0.3 is 6.17 Å². The molecule has 0 aliphatic rings. The fourth-order valence-electron chi connectivity index (χ4n) is 0.734. The van der Waals surface area contributed by atoms with Crippen LogP contribution in [0.3, 0.4) is 0 Å². The zero-order valence-electron chi connectivity index (χ0n) is 10.0. The topological polar surface area (TPSA) is 63.4 Å². The Morgan fingerprint density at radius 3 is 2.20 bits per heavy atom. The minimum Gasteiger partial charge on any atom is -0.394 e. The van der Waals surface area contributed by atoms with Gasteiger partial charge in [0.1, 0.15) is 6.07 Å². The number of nitriles is 1. The zero-order valence-corrected chi connectivity index (χ0v) is 11.0. The summed E-state index contributed by atoms with van der Waals surface area (Å²) in [7, 11) is -2.01. The maximum absolute atomic E-state index is 8.88. The van der Waals surface area contributed by atoms with Crippen molar-refractivity contribution < 1.29 is 4.43 Å². The van der Waals surface area contributed by atoms with E-state index in [4.69, 9.17) is 22.0 Å². The van der Waals surface area contributed by atoms with Crippen LogP contribution in [0.2, 0.25) is 18.1 Å². The van der Waals surface area contributed by atoms with Crippen molar-refractivity contribution in [1.29, 1.82) is 5.26 Å². The van der Waals surface area contributed by atoms with E-state index in [1.807, 2.05) is 19.2 Å². The minimum absolute atomic E-state index is 0.0177. The first kappa shape index (κ1) is 14.1. The summed E-state index contributed by atoms with van der Waals surface area (Å²) in [4.78, 5) is 3.13. The van der Waals surface area contributed by atoms with Gasteiger partial charge in [-0.1, -0.05) is 20.8 Å². The average Bonchev–Trinajstić information content (AvgIpc) is 2.11. The largest absolute Gasteiger partial charge is 0.394 e. The normalized spacial score (nSPS) is 16.3. The molecular weight excluding hydrogens is 206 g/mol. The quantitative estimate of drug-likeness (QED) is 0.591. The third kappa shape index (κ3) is 3.64. The van der Waals surface area contributed by atoms with Crippen LogP contribution in [0.4, 0.5) is 0 Å². The average molecular weight is 225 g/mol. The highest BCUT2D eigenvalue weighted by Gasteiger charge is 2.41. The van der Waals surface area contributed by atoms with Gasteiger partial charge < -0.3 is 4.43 Å². The lowest BCUT2D eigenvalue weighted by molar-refractivity contribution is 0.217. The van der Waals surface area contributed by atoms with Gasteiger partial charge in [0, 0.05) is 0 Å². The molecule has 0 amide bonds. The Morgan fingerprint density at radius 2 is 1.93 bits per heavy atom. The number of nitrogens with two attached hydrogens (primary N) is 1. The summed E-state index contributed by atoms with van der Waals surface area (Å²) >= 11 is 0. The molecule has 0 saturated carbocycles. The molecule has 0 rings (SSSR count). The second-order valence-corrected chi connectivity index (χ2v) is 9.80. The summed E-state index contributed by atoms with van der Waals surface area (Å²) in [6, 6.07) is 1.95. The fourth-order valence-corrected chi connectivity index (χ4v) is 1.91. The van der Waals surface area contributed by atoms with Crippen LogP contribution in [0.25, 0.3) is 4.85 Å². The summed E-state index contributed by atoms with van der Waals surface area (Å²) < 4.78 is 5.74. The van der Waals surface area contributed by atoms with Crippen molar-refractivity contribution in [2.45, 2.75) is 51.2 Å². The highest BCUT2D eigenvalue weighted by molar-refractivity contribution is 6.74. The van der Waals surface area contributed by atoms with Crippen molar-refractivity contribution in [3.05, 3.63) is 11.4 Å². The molecule has 0 bridgehead atoms. The van der Waals surface area contributed by atoms with Crippen molar-refractivity contribution in [2.75, 3.05) is 0 Å². The van der Waals surface area contributed by atoms with E-state index in [9.17, 15) is 0 Å². The molecule has 0 aliphatic heterocycles. The maximum Gasteiger partial charge on any atom is 0.313 e. The molecule has 15 heavy (non-hydrogen) atoms. The minimum atomic E-state index is -2.01. The highest BCUT2D eigenvalue weighted by Crippen LogP contribution is 2.37. The lowest BCUT2D eigenvalue weighted by Crippen LogP contribution is -2.47. The van der Waals surface area contributed by atoms with Gasteiger partial charge in [-0.15, -0.1) is 0 Å². The molecule has 5 heteroatoms. The second-order valence-electron chi connectivity index (χ2n) is 5.05. The van der Waals surface area contributed by atoms with Crippen molar-refractivity contribution in [2.24, 2.45) is 5.73 Å². The summed E-state index contributed by atoms with van der Waals surface area (Å²) in [6.45, 7) is 17.1. The Bertz CT molecular complexity index is 295. The molecule has 0 aromatic rings. The zero-order chi connectivity index (χ0) is 12.3.